The monoisotopic (exact) mass is 351 g/mol. The summed E-state index contributed by atoms with van der Waals surface area (Å²) >= 11 is 0. The number of nitrogens with zero attached hydrogens (tertiary/aromatic N) is 1. The first-order chi connectivity index (χ1) is 12.2. The molecule has 26 heavy (non-hydrogen) atoms. The van der Waals surface area contributed by atoms with E-state index in [1.807, 2.05) is 58.0 Å². The molecule has 0 spiro atoms. The molecule has 0 radical (unpaired) electrons. The Morgan fingerprint density at radius 2 is 1.81 bits per heavy atom. The third kappa shape index (κ3) is 3.12. The molecule has 0 aliphatic carbocycles. The summed E-state index contributed by atoms with van der Waals surface area (Å²) in [5.41, 5.74) is 1.40. The van der Waals surface area contributed by atoms with E-state index in [1.165, 1.54) is 6.07 Å². The van der Waals surface area contributed by atoms with Gasteiger partial charge in [-0.05, 0) is 49.9 Å². The lowest BCUT2D eigenvalue weighted by molar-refractivity contribution is -0.127. The van der Waals surface area contributed by atoms with E-state index < -0.39 is 11.3 Å². The summed E-state index contributed by atoms with van der Waals surface area (Å²) < 4.78 is 0. The van der Waals surface area contributed by atoms with Crippen LogP contribution in [0.15, 0.2) is 48.5 Å². The van der Waals surface area contributed by atoms with Crippen molar-refractivity contribution in [2.24, 2.45) is 11.3 Å². The zero-order valence-corrected chi connectivity index (χ0v) is 15.7. The summed E-state index contributed by atoms with van der Waals surface area (Å²) in [5, 5.41) is 10.2. The number of phenolic OH excluding ortho intramolecular Hbond substituents is 1. The predicted molar refractivity (Wildman–Crippen MR) is 102 cm³/mol. The molecule has 4 heteroatoms. The number of Topliss-reactive ketones (excluding diaryl/α,β-unsaturated/α-hetero) is 1. The lowest BCUT2D eigenvalue weighted by Gasteiger charge is -2.46. The molecule has 2 unspecified atom stereocenters. The maximum Gasteiger partial charge on any atom is 0.238 e. The number of piperidine rings is 1. The zero-order chi connectivity index (χ0) is 19.1. The first-order valence-corrected chi connectivity index (χ1v) is 8.94. The second-order valence-electron chi connectivity index (χ2n) is 7.90. The molecule has 136 valence electrons. The van der Waals surface area contributed by atoms with Crippen LogP contribution >= 0.6 is 0 Å². The molecule has 0 saturated carbocycles. The van der Waals surface area contributed by atoms with Crippen LogP contribution in [0.25, 0.3) is 0 Å². The van der Waals surface area contributed by atoms with Crippen molar-refractivity contribution < 1.29 is 14.7 Å². The molecular formula is C22H25NO3. The minimum Gasteiger partial charge on any atom is -0.507 e. The molecule has 0 bridgehead atoms. The Balaban J connectivity index is 2.05. The molecular weight excluding hydrogens is 326 g/mol. The minimum absolute atomic E-state index is 0.00458. The van der Waals surface area contributed by atoms with E-state index in [9.17, 15) is 14.7 Å². The molecule has 1 aliphatic heterocycles. The Morgan fingerprint density at radius 1 is 1.15 bits per heavy atom. The molecule has 3 rings (SSSR count). The molecule has 1 N–H and O–H groups in total. The highest BCUT2D eigenvalue weighted by molar-refractivity contribution is 6.16. The highest BCUT2D eigenvalue weighted by Gasteiger charge is 2.49. The Hall–Kier alpha value is -2.62. The van der Waals surface area contributed by atoms with Gasteiger partial charge in [0.15, 0.2) is 5.78 Å². The van der Waals surface area contributed by atoms with Crippen LogP contribution in [0.2, 0.25) is 0 Å². The number of hydrogen-bond donors (Lipinski definition) is 1. The third-order valence-corrected chi connectivity index (χ3v) is 5.24. The average Bonchev–Trinajstić information content (AvgIpc) is 2.56. The van der Waals surface area contributed by atoms with Crippen LogP contribution in [-0.2, 0) is 4.79 Å². The number of benzene rings is 2. The molecule has 1 fully saturated rings. The largest absolute Gasteiger partial charge is 0.507 e. The normalized spacial score (nSPS) is 22.3. The van der Waals surface area contributed by atoms with Crippen LogP contribution in [0.5, 0.6) is 5.75 Å². The number of rotatable bonds is 3. The van der Waals surface area contributed by atoms with Gasteiger partial charge >= 0.3 is 0 Å². The van der Waals surface area contributed by atoms with Crippen LogP contribution in [0.3, 0.4) is 0 Å². The Kier molecular flexibility index (Phi) is 4.61. The van der Waals surface area contributed by atoms with E-state index in [4.69, 9.17) is 0 Å². The van der Waals surface area contributed by atoms with E-state index in [0.717, 1.165) is 11.3 Å². The van der Waals surface area contributed by atoms with Crippen LogP contribution in [0.4, 0.5) is 5.69 Å². The third-order valence-electron chi connectivity index (χ3n) is 5.24. The molecule has 2 aromatic carbocycles. The van der Waals surface area contributed by atoms with Gasteiger partial charge in [-0.1, -0.05) is 43.7 Å². The number of carbonyl (C=O) groups excluding carboxylic acids is 2. The lowest BCUT2D eigenvalue weighted by atomic mass is 9.67. The molecule has 0 aromatic heterocycles. The quantitative estimate of drug-likeness (QED) is 0.660. The van der Waals surface area contributed by atoms with Crippen LogP contribution in [0, 0.1) is 18.3 Å². The van der Waals surface area contributed by atoms with Gasteiger partial charge in [0.1, 0.15) is 11.7 Å². The number of aromatic hydroxyl groups is 1. The second kappa shape index (κ2) is 6.60. The molecule has 2 atom stereocenters. The fraction of sp³-hybridized carbons (Fsp3) is 0.364. The summed E-state index contributed by atoms with van der Waals surface area (Å²) in [7, 11) is 0. The average molecular weight is 351 g/mol. The fourth-order valence-corrected chi connectivity index (χ4v) is 4.10. The fourth-order valence-electron chi connectivity index (χ4n) is 4.10. The smallest absolute Gasteiger partial charge is 0.238 e. The minimum atomic E-state index is -0.827. The zero-order valence-electron chi connectivity index (χ0n) is 15.7. The second-order valence-corrected chi connectivity index (χ2v) is 7.90. The van der Waals surface area contributed by atoms with Crippen molar-refractivity contribution in [1.29, 1.82) is 0 Å². The van der Waals surface area contributed by atoms with Crippen molar-refractivity contribution in [3.63, 3.8) is 0 Å². The van der Waals surface area contributed by atoms with Crippen molar-refractivity contribution in [3.8, 4) is 5.75 Å². The van der Waals surface area contributed by atoms with Gasteiger partial charge in [-0.3, -0.25) is 9.59 Å². The van der Waals surface area contributed by atoms with Crippen LogP contribution < -0.4 is 4.90 Å². The highest BCUT2D eigenvalue weighted by Crippen LogP contribution is 2.43. The maximum absolute atomic E-state index is 13.4. The number of amides is 1. The van der Waals surface area contributed by atoms with Crippen LogP contribution in [0.1, 0.15) is 43.1 Å². The predicted octanol–water partition coefficient (Wildman–Crippen LogP) is 4.35. The first-order valence-electron chi connectivity index (χ1n) is 8.94. The molecule has 1 saturated heterocycles. The summed E-state index contributed by atoms with van der Waals surface area (Å²) in [6, 6.07) is 14.4. The van der Waals surface area contributed by atoms with E-state index in [-0.39, 0.29) is 29.0 Å². The Bertz CT molecular complexity index is 842. The van der Waals surface area contributed by atoms with Gasteiger partial charge in [-0.2, -0.15) is 0 Å². The number of hydrogen-bond acceptors (Lipinski definition) is 3. The number of carbonyl (C=O) groups is 2. The van der Waals surface area contributed by atoms with E-state index in [2.05, 4.69) is 0 Å². The number of ketones is 1. The van der Waals surface area contributed by atoms with Crippen molar-refractivity contribution in [2.45, 2.75) is 40.2 Å². The molecule has 4 nitrogen and oxygen atoms in total. The van der Waals surface area contributed by atoms with Gasteiger partial charge in [0.05, 0.1) is 5.56 Å². The van der Waals surface area contributed by atoms with Crippen LogP contribution in [-0.4, -0.2) is 22.8 Å². The molecule has 1 aliphatic rings. The van der Waals surface area contributed by atoms with Crippen molar-refractivity contribution in [2.75, 3.05) is 4.90 Å². The summed E-state index contributed by atoms with van der Waals surface area (Å²) in [6.07, 6.45) is 0.705. The Morgan fingerprint density at radius 3 is 2.46 bits per heavy atom. The van der Waals surface area contributed by atoms with E-state index >= 15 is 0 Å². The standard InChI is InChI=1S/C22H25NO3/c1-14-10-11-18(24)17(12-14)20(25)19-21(26)23(15(2)13-22(19,3)4)16-8-6-5-7-9-16/h5-12,15,19,24H,13H2,1-4H3. The first kappa shape index (κ1) is 18.2. The summed E-state index contributed by atoms with van der Waals surface area (Å²) in [5.74, 6) is -1.42. The van der Waals surface area contributed by atoms with Gasteiger partial charge in [0, 0.05) is 11.7 Å². The lowest BCUT2D eigenvalue weighted by Crippen LogP contribution is -2.56. The van der Waals surface area contributed by atoms with Gasteiger partial charge in [-0.15, -0.1) is 0 Å². The number of para-hydroxylation sites is 1. The van der Waals surface area contributed by atoms with Gasteiger partial charge in [-0.25, -0.2) is 0 Å². The highest BCUT2D eigenvalue weighted by atomic mass is 16.3. The van der Waals surface area contributed by atoms with Gasteiger partial charge in [0.2, 0.25) is 5.91 Å². The van der Waals surface area contributed by atoms with Gasteiger partial charge in [0.25, 0.3) is 0 Å². The van der Waals surface area contributed by atoms with Gasteiger partial charge < -0.3 is 10.0 Å². The summed E-state index contributed by atoms with van der Waals surface area (Å²) in [4.78, 5) is 28.4. The maximum atomic E-state index is 13.4. The van der Waals surface area contributed by atoms with Crippen molar-refractivity contribution >= 4 is 17.4 Å². The Labute approximate surface area is 154 Å². The van der Waals surface area contributed by atoms with E-state index in [0.29, 0.717) is 6.42 Å². The van der Waals surface area contributed by atoms with E-state index in [1.54, 1.807) is 17.0 Å². The SMILES string of the molecule is Cc1ccc(O)c(C(=O)C2C(=O)N(c3ccccc3)C(C)CC2(C)C)c1. The molecule has 1 amide bonds. The van der Waals surface area contributed by atoms with Crippen molar-refractivity contribution in [1.82, 2.24) is 0 Å². The number of phenols is 1. The summed E-state index contributed by atoms with van der Waals surface area (Å²) in [6.45, 7) is 7.79. The topological polar surface area (TPSA) is 57.6 Å². The number of aryl methyl sites for hydroxylation is 1. The number of anilines is 1. The molecule has 2 aromatic rings. The molecule has 1 heterocycles. The van der Waals surface area contributed by atoms with Crippen molar-refractivity contribution in [3.05, 3.63) is 59.7 Å².